The van der Waals surface area contributed by atoms with Crippen molar-refractivity contribution < 1.29 is 0 Å². The molecule has 0 radical (unpaired) electrons. The third kappa shape index (κ3) is 2.68. The van der Waals surface area contributed by atoms with Gasteiger partial charge in [0, 0.05) is 28.9 Å². The van der Waals surface area contributed by atoms with E-state index < -0.39 is 0 Å². The van der Waals surface area contributed by atoms with E-state index in [1.807, 2.05) is 43.3 Å². The molecule has 2 aromatic heterocycles. The number of rotatable bonds is 3. The van der Waals surface area contributed by atoms with Crippen molar-refractivity contribution in [2.45, 2.75) is 13.5 Å². The Morgan fingerprint density at radius 1 is 1.14 bits per heavy atom. The van der Waals surface area contributed by atoms with Gasteiger partial charge in [-0.25, -0.2) is 0 Å². The lowest BCUT2D eigenvalue weighted by molar-refractivity contribution is 0.991. The maximum Gasteiger partial charge on any atom is 0.0731 e. The Hall–Kier alpha value is -2.17. The highest BCUT2D eigenvalue weighted by atomic mass is 35.5. The van der Waals surface area contributed by atoms with E-state index in [2.05, 4.69) is 15.2 Å². The number of aryl methyl sites for hydroxylation is 1. The Balaban J connectivity index is 2.14. The molecule has 3 aromatic rings. The van der Waals surface area contributed by atoms with Crippen LogP contribution in [0.15, 0.2) is 42.6 Å². The number of hydrogen-bond donors (Lipinski definition) is 2. The van der Waals surface area contributed by atoms with Gasteiger partial charge in [-0.15, -0.1) is 0 Å². The first kappa shape index (κ1) is 13.8. The summed E-state index contributed by atoms with van der Waals surface area (Å²) in [5.74, 6) is 0. The summed E-state index contributed by atoms with van der Waals surface area (Å²) in [5.41, 5.74) is 11.6. The van der Waals surface area contributed by atoms with Gasteiger partial charge in [-0.05, 0) is 36.8 Å². The predicted octanol–water partition coefficient (Wildman–Crippen LogP) is 3.56. The lowest BCUT2D eigenvalue weighted by Gasteiger charge is -2.06. The molecule has 0 unspecified atom stereocenters. The van der Waals surface area contributed by atoms with Gasteiger partial charge in [0.1, 0.15) is 0 Å². The van der Waals surface area contributed by atoms with Gasteiger partial charge in [-0.1, -0.05) is 23.7 Å². The third-order valence-corrected chi connectivity index (χ3v) is 3.65. The normalized spacial score (nSPS) is 10.8. The van der Waals surface area contributed by atoms with E-state index in [1.165, 1.54) is 0 Å². The van der Waals surface area contributed by atoms with Crippen molar-refractivity contribution in [3.8, 4) is 22.4 Å². The average molecular weight is 299 g/mol. The molecule has 0 aliphatic rings. The molecule has 0 bridgehead atoms. The number of halogens is 1. The Bertz CT molecular complexity index is 762. The summed E-state index contributed by atoms with van der Waals surface area (Å²) in [6, 6.07) is 11.7. The molecular formula is C16H15ClN4. The van der Waals surface area contributed by atoms with Gasteiger partial charge in [0.25, 0.3) is 0 Å². The molecule has 0 aliphatic heterocycles. The second-order valence-corrected chi connectivity index (χ2v) is 5.24. The van der Waals surface area contributed by atoms with Crippen LogP contribution in [0.3, 0.4) is 0 Å². The number of aromatic amines is 1. The lowest BCUT2D eigenvalue weighted by atomic mass is 9.99. The van der Waals surface area contributed by atoms with Crippen molar-refractivity contribution in [1.29, 1.82) is 0 Å². The minimum Gasteiger partial charge on any atom is -0.325 e. The van der Waals surface area contributed by atoms with Gasteiger partial charge >= 0.3 is 0 Å². The van der Waals surface area contributed by atoms with E-state index in [4.69, 9.17) is 17.3 Å². The van der Waals surface area contributed by atoms with Crippen LogP contribution in [-0.4, -0.2) is 15.2 Å². The largest absolute Gasteiger partial charge is 0.325 e. The predicted molar refractivity (Wildman–Crippen MR) is 84.9 cm³/mol. The number of nitrogens with two attached hydrogens (primary N) is 1. The van der Waals surface area contributed by atoms with Crippen LogP contribution in [0, 0.1) is 6.92 Å². The number of benzene rings is 1. The highest BCUT2D eigenvalue weighted by molar-refractivity contribution is 6.30. The second kappa shape index (κ2) is 5.68. The molecule has 0 spiro atoms. The molecule has 4 nitrogen and oxygen atoms in total. The molecule has 0 aliphatic carbocycles. The quantitative estimate of drug-likeness (QED) is 0.777. The van der Waals surface area contributed by atoms with Crippen molar-refractivity contribution in [2.75, 3.05) is 0 Å². The first-order valence-corrected chi connectivity index (χ1v) is 7.03. The fraction of sp³-hybridized carbons (Fsp3) is 0.125. The summed E-state index contributed by atoms with van der Waals surface area (Å²) >= 11 is 5.95. The number of aromatic nitrogens is 3. The summed E-state index contributed by atoms with van der Waals surface area (Å²) in [6.07, 6.45) is 1.77. The Morgan fingerprint density at radius 2 is 1.90 bits per heavy atom. The summed E-state index contributed by atoms with van der Waals surface area (Å²) < 4.78 is 0. The molecular weight excluding hydrogens is 284 g/mol. The molecule has 1 aromatic carbocycles. The standard InChI is InChI=1S/C16H15ClN4/c1-10-15(12-6-7-19-14(8-12)9-18)16(21-20-10)11-2-4-13(17)5-3-11/h2-8H,9,18H2,1H3,(H,20,21). The van der Waals surface area contributed by atoms with Crippen molar-refractivity contribution >= 4 is 11.6 Å². The van der Waals surface area contributed by atoms with E-state index in [1.54, 1.807) is 6.20 Å². The van der Waals surface area contributed by atoms with E-state index in [9.17, 15) is 0 Å². The fourth-order valence-corrected chi connectivity index (χ4v) is 2.48. The van der Waals surface area contributed by atoms with Crippen LogP contribution in [0.2, 0.25) is 5.02 Å². The van der Waals surface area contributed by atoms with Gasteiger partial charge in [0.05, 0.1) is 17.1 Å². The first-order chi connectivity index (χ1) is 10.2. The Labute approximate surface area is 128 Å². The smallest absolute Gasteiger partial charge is 0.0731 e. The molecule has 0 saturated carbocycles. The Morgan fingerprint density at radius 3 is 2.62 bits per heavy atom. The number of pyridine rings is 1. The molecule has 3 rings (SSSR count). The summed E-state index contributed by atoms with van der Waals surface area (Å²) in [4.78, 5) is 4.24. The monoisotopic (exact) mass is 298 g/mol. The van der Waals surface area contributed by atoms with Crippen LogP contribution < -0.4 is 5.73 Å². The highest BCUT2D eigenvalue weighted by Gasteiger charge is 2.14. The zero-order valence-electron chi connectivity index (χ0n) is 11.6. The second-order valence-electron chi connectivity index (χ2n) is 4.81. The minimum absolute atomic E-state index is 0.418. The van der Waals surface area contributed by atoms with Crippen LogP contribution >= 0.6 is 11.6 Å². The van der Waals surface area contributed by atoms with E-state index in [-0.39, 0.29) is 0 Å². The van der Waals surface area contributed by atoms with Gasteiger partial charge in [0.15, 0.2) is 0 Å². The van der Waals surface area contributed by atoms with Crippen LogP contribution in [0.1, 0.15) is 11.4 Å². The van der Waals surface area contributed by atoms with Gasteiger partial charge in [-0.2, -0.15) is 5.10 Å². The molecule has 106 valence electrons. The van der Waals surface area contributed by atoms with E-state index in [0.717, 1.165) is 33.8 Å². The fourth-order valence-electron chi connectivity index (χ4n) is 2.36. The molecule has 0 atom stereocenters. The van der Waals surface area contributed by atoms with Gasteiger partial charge in [0.2, 0.25) is 0 Å². The summed E-state index contributed by atoms with van der Waals surface area (Å²) in [6.45, 7) is 2.40. The van der Waals surface area contributed by atoms with Crippen LogP contribution in [-0.2, 0) is 6.54 Å². The summed E-state index contributed by atoms with van der Waals surface area (Å²) in [5, 5.41) is 8.15. The number of nitrogens with zero attached hydrogens (tertiary/aromatic N) is 2. The van der Waals surface area contributed by atoms with Crippen molar-refractivity contribution in [3.63, 3.8) is 0 Å². The lowest BCUT2D eigenvalue weighted by Crippen LogP contribution is -1.99. The van der Waals surface area contributed by atoms with Crippen LogP contribution in [0.25, 0.3) is 22.4 Å². The van der Waals surface area contributed by atoms with Crippen LogP contribution in [0.4, 0.5) is 0 Å². The zero-order chi connectivity index (χ0) is 14.8. The maximum absolute atomic E-state index is 5.95. The Kier molecular flexibility index (Phi) is 3.73. The molecule has 21 heavy (non-hydrogen) atoms. The molecule has 3 N–H and O–H groups in total. The number of H-pyrrole nitrogens is 1. The molecule has 5 heteroatoms. The van der Waals surface area contributed by atoms with Gasteiger partial charge in [-0.3, -0.25) is 10.1 Å². The van der Waals surface area contributed by atoms with Crippen molar-refractivity contribution in [1.82, 2.24) is 15.2 Å². The van der Waals surface area contributed by atoms with E-state index in [0.29, 0.717) is 11.6 Å². The van der Waals surface area contributed by atoms with Crippen molar-refractivity contribution in [3.05, 3.63) is 59.0 Å². The average Bonchev–Trinajstić information content (AvgIpc) is 2.90. The van der Waals surface area contributed by atoms with Gasteiger partial charge < -0.3 is 5.73 Å². The summed E-state index contributed by atoms with van der Waals surface area (Å²) in [7, 11) is 0. The van der Waals surface area contributed by atoms with Crippen molar-refractivity contribution in [2.24, 2.45) is 5.73 Å². The molecule has 0 amide bonds. The highest BCUT2D eigenvalue weighted by Crippen LogP contribution is 2.33. The molecule has 0 fully saturated rings. The minimum atomic E-state index is 0.418. The topological polar surface area (TPSA) is 67.6 Å². The molecule has 2 heterocycles. The first-order valence-electron chi connectivity index (χ1n) is 6.65. The van der Waals surface area contributed by atoms with E-state index >= 15 is 0 Å². The SMILES string of the molecule is Cc1n[nH]c(-c2ccc(Cl)cc2)c1-c1ccnc(CN)c1. The zero-order valence-corrected chi connectivity index (χ0v) is 12.4. The van der Waals surface area contributed by atoms with Crippen LogP contribution in [0.5, 0.6) is 0 Å². The molecule has 0 saturated heterocycles. The number of hydrogen-bond acceptors (Lipinski definition) is 3. The maximum atomic E-state index is 5.95. The number of nitrogens with one attached hydrogen (secondary N) is 1. The third-order valence-electron chi connectivity index (χ3n) is 3.39.